The van der Waals surface area contributed by atoms with Crippen LogP contribution in [0.5, 0.6) is 0 Å². The predicted molar refractivity (Wildman–Crippen MR) is 92.7 cm³/mol. The van der Waals surface area contributed by atoms with Gasteiger partial charge in [0.1, 0.15) is 5.76 Å². The minimum absolute atomic E-state index is 0.106. The smallest absolute Gasteiger partial charge is 0.475 e. The van der Waals surface area contributed by atoms with Crippen LogP contribution in [-0.4, -0.2) is 66.3 Å². The summed E-state index contributed by atoms with van der Waals surface area (Å²) in [7, 11) is 1.78. The van der Waals surface area contributed by atoms with E-state index in [1.165, 1.54) is 6.42 Å². The Hall–Kier alpha value is -1.65. The lowest BCUT2D eigenvalue weighted by Crippen LogP contribution is -2.47. The van der Waals surface area contributed by atoms with E-state index in [9.17, 15) is 13.2 Å². The Bertz CT molecular complexity index is 627. The van der Waals surface area contributed by atoms with E-state index in [-0.39, 0.29) is 5.60 Å². The van der Waals surface area contributed by atoms with Gasteiger partial charge in [0.2, 0.25) is 0 Å². The van der Waals surface area contributed by atoms with E-state index in [0.29, 0.717) is 5.92 Å². The number of hydrogen-bond donors (Lipinski definition) is 1. The maximum Gasteiger partial charge on any atom is 0.490 e. The molecule has 1 aromatic heterocycles. The quantitative estimate of drug-likeness (QED) is 0.802. The van der Waals surface area contributed by atoms with Gasteiger partial charge >= 0.3 is 12.1 Å². The predicted octanol–water partition coefficient (Wildman–Crippen LogP) is 3.02. The third kappa shape index (κ3) is 6.18. The van der Waals surface area contributed by atoms with Crippen molar-refractivity contribution in [2.75, 3.05) is 33.4 Å². The average Bonchev–Trinajstić information content (AvgIpc) is 3.21. The number of carboxylic acid groups (broad SMARTS) is 1. The van der Waals surface area contributed by atoms with Gasteiger partial charge < -0.3 is 19.1 Å². The van der Waals surface area contributed by atoms with Crippen molar-refractivity contribution >= 4 is 5.97 Å². The number of nitrogens with zero attached hydrogens (tertiary/aromatic N) is 2. The van der Waals surface area contributed by atoms with Crippen molar-refractivity contribution in [2.45, 2.75) is 50.9 Å². The number of aliphatic carboxylic acids is 1. The van der Waals surface area contributed by atoms with Crippen LogP contribution in [-0.2, 0) is 20.8 Å². The molecule has 2 saturated heterocycles. The number of rotatable bonds is 5. The normalized spacial score (nSPS) is 22.1. The maximum absolute atomic E-state index is 10.6. The first-order valence-electron chi connectivity index (χ1n) is 9.24. The van der Waals surface area contributed by atoms with Crippen LogP contribution in [0.25, 0.3) is 0 Å². The summed E-state index contributed by atoms with van der Waals surface area (Å²) in [5.74, 6) is -1.21. The van der Waals surface area contributed by atoms with Crippen LogP contribution in [0.4, 0.5) is 13.2 Å². The van der Waals surface area contributed by atoms with E-state index < -0.39 is 12.1 Å². The molecule has 3 rings (SSSR count). The second kappa shape index (κ2) is 9.71. The number of ether oxygens (including phenoxy) is 2. The largest absolute Gasteiger partial charge is 0.490 e. The molecule has 1 unspecified atom stereocenters. The molecule has 0 aromatic carbocycles. The summed E-state index contributed by atoms with van der Waals surface area (Å²) >= 11 is 0. The molecular weight excluding hydrogens is 381 g/mol. The molecule has 7 nitrogen and oxygen atoms in total. The first kappa shape index (κ1) is 22.6. The Morgan fingerprint density at radius 3 is 2.57 bits per heavy atom. The number of carboxylic acids is 1. The molecule has 2 aliphatic heterocycles. The minimum atomic E-state index is -5.08. The van der Waals surface area contributed by atoms with E-state index in [1.54, 1.807) is 7.11 Å². The molecule has 160 valence electrons. The van der Waals surface area contributed by atoms with Gasteiger partial charge in [0.05, 0.1) is 11.3 Å². The fraction of sp³-hybridized carbons (Fsp3) is 0.778. The summed E-state index contributed by atoms with van der Waals surface area (Å²) < 4.78 is 48.3. The second-order valence-corrected chi connectivity index (χ2v) is 7.19. The topological polar surface area (TPSA) is 85.0 Å². The molecule has 0 amide bonds. The zero-order valence-corrected chi connectivity index (χ0v) is 16.1. The third-order valence-electron chi connectivity index (χ3n) is 5.28. The van der Waals surface area contributed by atoms with Crippen LogP contribution in [0.2, 0.25) is 0 Å². The number of aromatic nitrogens is 1. The van der Waals surface area contributed by atoms with Gasteiger partial charge in [-0.1, -0.05) is 5.16 Å². The number of alkyl halides is 3. The molecule has 28 heavy (non-hydrogen) atoms. The lowest BCUT2D eigenvalue weighted by molar-refractivity contribution is -0.192. The molecule has 0 saturated carbocycles. The lowest BCUT2D eigenvalue weighted by Gasteiger charge is -2.42. The van der Waals surface area contributed by atoms with Gasteiger partial charge in [0.15, 0.2) is 0 Å². The number of aryl methyl sites for hydroxylation is 1. The Balaban J connectivity index is 0.000000345. The van der Waals surface area contributed by atoms with Gasteiger partial charge in [0, 0.05) is 46.0 Å². The summed E-state index contributed by atoms with van der Waals surface area (Å²) in [6.45, 7) is 6.74. The van der Waals surface area contributed by atoms with Crippen molar-refractivity contribution < 1.29 is 37.1 Å². The van der Waals surface area contributed by atoms with Crippen molar-refractivity contribution in [1.82, 2.24) is 10.1 Å². The van der Waals surface area contributed by atoms with E-state index in [2.05, 4.69) is 10.1 Å². The molecule has 10 heteroatoms. The van der Waals surface area contributed by atoms with Crippen molar-refractivity contribution in [3.63, 3.8) is 0 Å². The van der Waals surface area contributed by atoms with Crippen LogP contribution < -0.4 is 0 Å². The molecule has 0 bridgehead atoms. The second-order valence-electron chi connectivity index (χ2n) is 7.19. The third-order valence-corrected chi connectivity index (χ3v) is 5.28. The van der Waals surface area contributed by atoms with Crippen molar-refractivity contribution in [3.8, 4) is 0 Å². The van der Waals surface area contributed by atoms with Gasteiger partial charge in [-0.3, -0.25) is 4.90 Å². The van der Waals surface area contributed by atoms with E-state index in [0.717, 1.165) is 63.6 Å². The highest BCUT2D eigenvalue weighted by Crippen LogP contribution is 2.42. The van der Waals surface area contributed by atoms with Crippen molar-refractivity contribution in [3.05, 3.63) is 17.5 Å². The van der Waals surface area contributed by atoms with Crippen molar-refractivity contribution in [2.24, 2.45) is 5.92 Å². The standard InChI is InChI=1S/C16H26N2O3.C2HF3O2/c1-13-11-15(17-21-13)12-18-7-5-16(6-8-18)14(3-9-19-2)4-10-20-16;3-2(4,5)1(6)7/h11,14H,3-10,12H2,1-2H3;(H,6,7). The molecular formula is C18H27F3N2O5. The van der Waals surface area contributed by atoms with E-state index >= 15 is 0 Å². The van der Waals surface area contributed by atoms with Gasteiger partial charge in [-0.25, -0.2) is 4.79 Å². The van der Waals surface area contributed by atoms with Crippen LogP contribution >= 0.6 is 0 Å². The molecule has 1 spiro atoms. The summed E-state index contributed by atoms with van der Waals surface area (Å²) in [6, 6.07) is 2.03. The Kier molecular flexibility index (Phi) is 7.85. The van der Waals surface area contributed by atoms with Crippen LogP contribution in [0, 0.1) is 12.8 Å². The first-order chi connectivity index (χ1) is 13.2. The van der Waals surface area contributed by atoms with Crippen LogP contribution in [0.3, 0.4) is 0 Å². The SMILES string of the molecule is COCCC1CCOC12CCN(Cc1cc(C)on1)CC2.O=C(O)C(F)(F)F. The molecule has 0 aliphatic carbocycles. The molecule has 2 aliphatic rings. The Labute approximate surface area is 161 Å². The van der Waals surface area contributed by atoms with E-state index in [4.69, 9.17) is 23.9 Å². The fourth-order valence-electron chi connectivity index (χ4n) is 3.82. The molecule has 2 fully saturated rings. The fourth-order valence-corrected chi connectivity index (χ4v) is 3.82. The Morgan fingerprint density at radius 2 is 2.07 bits per heavy atom. The molecule has 1 aromatic rings. The van der Waals surface area contributed by atoms with E-state index in [1.807, 2.05) is 13.0 Å². The van der Waals surface area contributed by atoms with Gasteiger partial charge in [-0.2, -0.15) is 13.2 Å². The molecule has 1 N–H and O–H groups in total. The highest BCUT2D eigenvalue weighted by Gasteiger charge is 2.45. The number of piperidine rings is 1. The zero-order valence-electron chi connectivity index (χ0n) is 16.1. The number of hydrogen-bond acceptors (Lipinski definition) is 6. The number of halogens is 3. The highest BCUT2D eigenvalue weighted by atomic mass is 19.4. The van der Waals surface area contributed by atoms with Crippen molar-refractivity contribution in [1.29, 1.82) is 0 Å². The number of likely N-dealkylation sites (tertiary alicyclic amines) is 1. The lowest BCUT2D eigenvalue weighted by atomic mass is 9.78. The van der Waals surface area contributed by atoms with Crippen LogP contribution in [0.1, 0.15) is 37.1 Å². The zero-order chi connectivity index (χ0) is 20.8. The van der Waals surface area contributed by atoms with Gasteiger partial charge in [-0.05, 0) is 38.5 Å². The van der Waals surface area contributed by atoms with Crippen LogP contribution in [0.15, 0.2) is 10.6 Å². The monoisotopic (exact) mass is 408 g/mol. The first-order valence-corrected chi connectivity index (χ1v) is 9.24. The summed E-state index contributed by atoms with van der Waals surface area (Å²) in [5, 5.41) is 11.2. The highest BCUT2D eigenvalue weighted by molar-refractivity contribution is 5.73. The minimum Gasteiger partial charge on any atom is -0.475 e. The maximum atomic E-state index is 10.6. The summed E-state index contributed by atoms with van der Waals surface area (Å²) in [6.07, 6.45) is -0.527. The van der Waals surface area contributed by atoms with Gasteiger partial charge in [0.25, 0.3) is 0 Å². The molecule has 3 heterocycles. The number of carbonyl (C=O) groups is 1. The Morgan fingerprint density at radius 1 is 1.43 bits per heavy atom. The average molecular weight is 408 g/mol. The summed E-state index contributed by atoms with van der Waals surface area (Å²) in [4.78, 5) is 11.4. The molecule has 0 radical (unpaired) electrons. The molecule has 1 atom stereocenters. The van der Waals surface area contributed by atoms with Gasteiger partial charge in [-0.15, -0.1) is 0 Å². The number of methoxy groups -OCH3 is 1. The summed E-state index contributed by atoms with van der Waals surface area (Å²) in [5.41, 5.74) is 1.14.